The lowest BCUT2D eigenvalue weighted by molar-refractivity contribution is -0.109. The zero-order valence-electron chi connectivity index (χ0n) is 9.43. The quantitative estimate of drug-likeness (QED) is 0.812. The monoisotopic (exact) mass is 237 g/mol. The summed E-state index contributed by atoms with van der Waals surface area (Å²) in [6.45, 7) is 3.47. The van der Waals surface area contributed by atoms with Crippen LogP contribution in [-0.2, 0) is 4.79 Å². The third kappa shape index (κ3) is 4.44. The number of nitrogens with zero attached hydrogens (tertiary/aromatic N) is 2. The van der Waals surface area contributed by atoms with Crippen LogP contribution in [0.25, 0.3) is 6.08 Å². The van der Waals surface area contributed by atoms with E-state index >= 15 is 0 Å². The molecule has 0 aliphatic rings. The standard InChI is InChI=1S/C11H15N3OS/c1-8-10(7-13-11(12)14-8)5-3-4-6-16-9(2)15/h3,5,7H,4,6H2,1-2H3,(H2,12,13,14). The van der Waals surface area contributed by atoms with Crippen LogP contribution >= 0.6 is 11.8 Å². The maximum absolute atomic E-state index is 10.7. The predicted octanol–water partition coefficient (Wildman–Crippen LogP) is 2.05. The zero-order valence-corrected chi connectivity index (χ0v) is 10.3. The Bertz CT molecular complexity index is 404. The lowest BCUT2D eigenvalue weighted by atomic mass is 10.2. The maximum Gasteiger partial charge on any atom is 0.220 e. The van der Waals surface area contributed by atoms with Crippen LogP contribution in [0.15, 0.2) is 12.3 Å². The Hall–Kier alpha value is -1.36. The normalized spacial score (nSPS) is 10.9. The maximum atomic E-state index is 10.7. The van der Waals surface area contributed by atoms with Crippen LogP contribution in [0.2, 0.25) is 0 Å². The molecular weight excluding hydrogens is 222 g/mol. The number of hydrogen-bond acceptors (Lipinski definition) is 5. The number of hydrogen-bond donors (Lipinski definition) is 1. The summed E-state index contributed by atoms with van der Waals surface area (Å²) in [5, 5.41) is 0.153. The Morgan fingerprint density at radius 2 is 2.38 bits per heavy atom. The molecule has 0 fully saturated rings. The lowest BCUT2D eigenvalue weighted by Crippen LogP contribution is -1.97. The van der Waals surface area contributed by atoms with E-state index in [-0.39, 0.29) is 5.12 Å². The van der Waals surface area contributed by atoms with Crippen LogP contribution in [0.4, 0.5) is 5.95 Å². The molecule has 1 rings (SSSR count). The van der Waals surface area contributed by atoms with E-state index in [0.29, 0.717) is 5.95 Å². The number of thioether (sulfide) groups is 1. The Kier molecular flexibility index (Phi) is 4.98. The number of carbonyl (C=O) groups is 1. The average molecular weight is 237 g/mol. The van der Waals surface area contributed by atoms with Gasteiger partial charge in [0.2, 0.25) is 5.95 Å². The second-order valence-electron chi connectivity index (χ2n) is 3.30. The van der Waals surface area contributed by atoms with Gasteiger partial charge in [-0.15, -0.1) is 0 Å². The van der Waals surface area contributed by atoms with Crippen LogP contribution in [0.1, 0.15) is 24.6 Å². The highest BCUT2D eigenvalue weighted by atomic mass is 32.2. The number of aryl methyl sites for hydroxylation is 1. The van der Waals surface area contributed by atoms with E-state index in [2.05, 4.69) is 9.97 Å². The molecule has 86 valence electrons. The second kappa shape index (κ2) is 6.27. The van der Waals surface area contributed by atoms with Crippen LogP contribution in [-0.4, -0.2) is 20.8 Å². The Labute approximate surface area is 99.4 Å². The van der Waals surface area contributed by atoms with E-state index in [1.54, 1.807) is 13.1 Å². The first kappa shape index (κ1) is 12.7. The minimum atomic E-state index is 0.153. The second-order valence-corrected chi connectivity index (χ2v) is 4.57. The lowest BCUT2D eigenvalue weighted by Gasteiger charge is -1.99. The fourth-order valence-corrected chi connectivity index (χ4v) is 1.68. The van der Waals surface area contributed by atoms with E-state index in [9.17, 15) is 4.79 Å². The van der Waals surface area contributed by atoms with E-state index in [1.807, 2.05) is 19.1 Å². The first-order chi connectivity index (χ1) is 7.59. The molecule has 2 N–H and O–H groups in total. The van der Waals surface area contributed by atoms with Gasteiger partial charge in [0.15, 0.2) is 5.12 Å². The summed E-state index contributed by atoms with van der Waals surface area (Å²) in [5.41, 5.74) is 7.27. The number of carbonyl (C=O) groups excluding carboxylic acids is 1. The molecule has 0 radical (unpaired) electrons. The zero-order chi connectivity index (χ0) is 12.0. The van der Waals surface area contributed by atoms with E-state index in [1.165, 1.54) is 11.8 Å². The molecule has 1 aromatic rings. The number of allylic oxidation sites excluding steroid dienone is 1. The highest BCUT2D eigenvalue weighted by Crippen LogP contribution is 2.09. The Morgan fingerprint density at radius 3 is 3.00 bits per heavy atom. The summed E-state index contributed by atoms with van der Waals surface area (Å²) in [5.74, 6) is 1.10. The minimum absolute atomic E-state index is 0.153. The molecule has 0 atom stereocenters. The van der Waals surface area contributed by atoms with Crippen LogP contribution in [0.3, 0.4) is 0 Å². The summed E-state index contributed by atoms with van der Waals surface area (Å²) in [7, 11) is 0. The SMILES string of the molecule is CC(=O)SCCC=Cc1cnc(N)nc1C. The van der Waals surface area contributed by atoms with Gasteiger partial charge < -0.3 is 5.73 Å². The highest BCUT2D eigenvalue weighted by Gasteiger charge is 1.97. The number of nitrogens with two attached hydrogens (primary N) is 1. The highest BCUT2D eigenvalue weighted by molar-refractivity contribution is 8.13. The molecule has 0 spiro atoms. The van der Waals surface area contributed by atoms with Crippen molar-refractivity contribution < 1.29 is 4.79 Å². The molecule has 5 heteroatoms. The van der Waals surface area contributed by atoms with Crippen LogP contribution in [0, 0.1) is 6.92 Å². The first-order valence-electron chi connectivity index (χ1n) is 4.98. The van der Waals surface area contributed by atoms with Crippen molar-refractivity contribution in [3.05, 3.63) is 23.5 Å². The summed E-state index contributed by atoms with van der Waals surface area (Å²) >= 11 is 1.33. The van der Waals surface area contributed by atoms with Crippen molar-refractivity contribution >= 4 is 28.9 Å². The summed E-state index contributed by atoms with van der Waals surface area (Å²) in [6.07, 6.45) is 6.52. The first-order valence-corrected chi connectivity index (χ1v) is 5.97. The molecule has 4 nitrogen and oxygen atoms in total. The van der Waals surface area contributed by atoms with Gasteiger partial charge in [-0.3, -0.25) is 4.79 Å². The van der Waals surface area contributed by atoms with Gasteiger partial charge in [-0.1, -0.05) is 23.9 Å². The molecule has 0 saturated carbocycles. The average Bonchev–Trinajstić information content (AvgIpc) is 2.20. The molecule has 1 aromatic heterocycles. The van der Waals surface area contributed by atoms with Crippen molar-refractivity contribution in [3.63, 3.8) is 0 Å². The number of anilines is 1. The summed E-state index contributed by atoms with van der Waals surface area (Å²) in [4.78, 5) is 18.7. The largest absolute Gasteiger partial charge is 0.368 e. The molecule has 0 aromatic carbocycles. The van der Waals surface area contributed by atoms with E-state index in [0.717, 1.165) is 23.4 Å². The van der Waals surface area contributed by atoms with Crippen LogP contribution in [0.5, 0.6) is 0 Å². The van der Waals surface area contributed by atoms with Crippen molar-refractivity contribution in [2.45, 2.75) is 20.3 Å². The van der Waals surface area contributed by atoms with Gasteiger partial charge in [-0.05, 0) is 13.3 Å². The molecular formula is C11H15N3OS. The van der Waals surface area contributed by atoms with Gasteiger partial charge in [0, 0.05) is 24.4 Å². The van der Waals surface area contributed by atoms with Gasteiger partial charge in [-0.2, -0.15) is 0 Å². The number of aromatic nitrogens is 2. The molecule has 0 unspecified atom stereocenters. The van der Waals surface area contributed by atoms with Gasteiger partial charge in [0.1, 0.15) is 0 Å². The molecule has 0 aliphatic heterocycles. The fraction of sp³-hybridized carbons (Fsp3) is 0.364. The molecule has 0 aliphatic carbocycles. The fourth-order valence-electron chi connectivity index (χ4n) is 1.14. The topological polar surface area (TPSA) is 68.9 Å². The van der Waals surface area contributed by atoms with Gasteiger partial charge >= 0.3 is 0 Å². The predicted molar refractivity (Wildman–Crippen MR) is 68.0 cm³/mol. The van der Waals surface area contributed by atoms with Gasteiger partial charge in [-0.25, -0.2) is 9.97 Å². The Morgan fingerprint density at radius 1 is 1.62 bits per heavy atom. The number of nitrogen functional groups attached to an aromatic ring is 1. The van der Waals surface area contributed by atoms with E-state index < -0.39 is 0 Å². The molecule has 0 bridgehead atoms. The van der Waals surface area contributed by atoms with Crippen molar-refractivity contribution in [1.29, 1.82) is 0 Å². The van der Waals surface area contributed by atoms with Crippen molar-refractivity contribution in [2.75, 3.05) is 11.5 Å². The van der Waals surface area contributed by atoms with Crippen molar-refractivity contribution in [2.24, 2.45) is 0 Å². The Balaban J connectivity index is 2.47. The molecule has 0 saturated heterocycles. The third-order valence-corrected chi connectivity index (χ3v) is 2.77. The van der Waals surface area contributed by atoms with Crippen molar-refractivity contribution in [3.8, 4) is 0 Å². The van der Waals surface area contributed by atoms with E-state index in [4.69, 9.17) is 5.73 Å². The van der Waals surface area contributed by atoms with Gasteiger partial charge in [0.05, 0.1) is 5.69 Å². The molecule has 0 amide bonds. The van der Waals surface area contributed by atoms with Crippen LogP contribution < -0.4 is 5.73 Å². The summed E-state index contributed by atoms with van der Waals surface area (Å²) in [6, 6.07) is 0. The number of rotatable bonds is 4. The minimum Gasteiger partial charge on any atom is -0.368 e. The molecule has 1 heterocycles. The molecule has 16 heavy (non-hydrogen) atoms. The van der Waals surface area contributed by atoms with Gasteiger partial charge in [0.25, 0.3) is 0 Å². The summed E-state index contributed by atoms with van der Waals surface area (Å²) < 4.78 is 0. The third-order valence-electron chi connectivity index (χ3n) is 1.92. The van der Waals surface area contributed by atoms with Crippen molar-refractivity contribution in [1.82, 2.24) is 9.97 Å². The smallest absolute Gasteiger partial charge is 0.220 e.